The van der Waals surface area contributed by atoms with Crippen molar-refractivity contribution in [2.75, 3.05) is 19.8 Å². The molecular weight excluding hydrogens is 218 g/mol. The average Bonchev–Trinajstić information content (AvgIpc) is 2.62. The molecule has 2 heterocycles. The zero-order valence-corrected chi connectivity index (χ0v) is 10.6. The average molecular weight is 239 g/mol. The minimum atomic E-state index is -0.603. The first kappa shape index (κ1) is 12.5. The van der Waals surface area contributed by atoms with Gasteiger partial charge in [-0.15, -0.1) is 0 Å². The zero-order chi connectivity index (χ0) is 12.3. The molecule has 1 aliphatic rings. The van der Waals surface area contributed by atoms with E-state index in [9.17, 15) is 5.11 Å². The molecule has 2 rings (SSSR count). The van der Waals surface area contributed by atoms with Gasteiger partial charge in [0.2, 0.25) is 0 Å². The van der Waals surface area contributed by atoms with Crippen molar-refractivity contribution in [2.24, 2.45) is 7.05 Å². The van der Waals surface area contributed by atoms with Crippen molar-refractivity contribution >= 4 is 0 Å². The van der Waals surface area contributed by atoms with E-state index >= 15 is 0 Å². The lowest BCUT2D eigenvalue weighted by Crippen LogP contribution is -2.44. The molecule has 0 aliphatic carbocycles. The second-order valence-electron chi connectivity index (χ2n) is 4.82. The highest BCUT2D eigenvalue weighted by Gasteiger charge is 2.29. The Kier molecular flexibility index (Phi) is 3.81. The quantitative estimate of drug-likeness (QED) is 0.796. The minimum Gasteiger partial charge on any atom is -0.388 e. The Labute approximate surface area is 102 Å². The predicted octanol–water partition coefficient (Wildman–Crippen LogP) is 0.360. The van der Waals surface area contributed by atoms with Crippen LogP contribution in [0.15, 0.2) is 6.20 Å². The van der Waals surface area contributed by atoms with E-state index in [0.29, 0.717) is 32.6 Å². The van der Waals surface area contributed by atoms with Gasteiger partial charge in [-0.1, -0.05) is 0 Å². The van der Waals surface area contributed by atoms with Gasteiger partial charge in [0.15, 0.2) is 0 Å². The second kappa shape index (κ2) is 5.16. The lowest BCUT2D eigenvalue weighted by molar-refractivity contribution is -0.0617. The van der Waals surface area contributed by atoms with Crippen LogP contribution in [0.1, 0.15) is 24.1 Å². The molecule has 96 valence electrons. The Morgan fingerprint density at radius 2 is 2.24 bits per heavy atom. The summed E-state index contributed by atoms with van der Waals surface area (Å²) in [7, 11) is 1.94. The van der Waals surface area contributed by atoms with Crippen LogP contribution >= 0.6 is 0 Å². The molecule has 5 nitrogen and oxygen atoms in total. The maximum absolute atomic E-state index is 10.3. The molecule has 1 fully saturated rings. The fraction of sp³-hybridized carbons (Fsp3) is 0.750. The number of aromatic nitrogens is 2. The molecule has 0 atom stereocenters. The van der Waals surface area contributed by atoms with Crippen LogP contribution < -0.4 is 5.32 Å². The largest absolute Gasteiger partial charge is 0.388 e. The molecule has 1 aromatic heterocycles. The Bertz CT molecular complexity index is 370. The summed E-state index contributed by atoms with van der Waals surface area (Å²) in [6.45, 7) is 4.73. The molecule has 1 aliphatic heterocycles. The summed E-state index contributed by atoms with van der Waals surface area (Å²) < 4.78 is 7.11. The van der Waals surface area contributed by atoms with Crippen LogP contribution in [0.5, 0.6) is 0 Å². The molecule has 0 unspecified atom stereocenters. The number of nitrogens with one attached hydrogen (secondary N) is 1. The summed E-state index contributed by atoms with van der Waals surface area (Å²) in [5, 5.41) is 17.8. The summed E-state index contributed by atoms with van der Waals surface area (Å²) in [6, 6.07) is 0. The van der Waals surface area contributed by atoms with Gasteiger partial charge in [-0.25, -0.2) is 0 Å². The molecule has 17 heavy (non-hydrogen) atoms. The Morgan fingerprint density at radius 3 is 2.82 bits per heavy atom. The second-order valence-corrected chi connectivity index (χ2v) is 4.82. The van der Waals surface area contributed by atoms with Gasteiger partial charge in [0.1, 0.15) is 0 Å². The lowest BCUT2D eigenvalue weighted by Gasteiger charge is -2.32. The van der Waals surface area contributed by atoms with Gasteiger partial charge in [-0.2, -0.15) is 5.10 Å². The highest BCUT2D eigenvalue weighted by atomic mass is 16.5. The third-order valence-electron chi connectivity index (χ3n) is 3.53. The third kappa shape index (κ3) is 3.06. The first-order chi connectivity index (χ1) is 8.11. The number of hydrogen-bond acceptors (Lipinski definition) is 4. The Hall–Kier alpha value is -0.910. The van der Waals surface area contributed by atoms with Gasteiger partial charge in [-0.05, 0) is 6.92 Å². The van der Waals surface area contributed by atoms with E-state index in [4.69, 9.17) is 4.74 Å². The van der Waals surface area contributed by atoms with Crippen molar-refractivity contribution in [3.8, 4) is 0 Å². The summed E-state index contributed by atoms with van der Waals surface area (Å²) >= 11 is 0. The number of ether oxygens (including phenoxy) is 1. The maximum atomic E-state index is 10.3. The van der Waals surface area contributed by atoms with Gasteiger partial charge in [0.25, 0.3) is 0 Å². The van der Waals surface area contributed by atoms with Crippen molar-refractivity contribution in [3.05, 3.63) is 17.5 Å². The van der Waals surface area contributed by atoms with Crippen LogP contribution in [0.4, 0.5) is 0 Å². The van der Waals surface area contributed by atoms with Crippen molar-refractivity contribution in [1.29, 1.82) is 0 Å². The topological polar surface area (TPSA) is 59.3 Å². The summed E-state index contributed by atoms with van der Waals surface area (Å²) in [5.74, 6) is 0. The molecule has 5 heteroatoms. The fourth-order valence-electron chi connectivity index (χ4n) is 2.08. The van der Waals surface area contributed by atoms with Gasteiger partial charge in [0, 0.05) is 57.4 Å². The van der Waals surface area contributed by atoms with E-state index in [-0.39, 0.29) is 0 Å². The number of nitrogens with zero attached hydrogens (tertiary/aromatic N) is 2. The highest BCUT2D eigenvalue weighted by molar-refractivity contribution is 5.15. The van der Waals surface area contributed by atoms with Crippen LogP contribution in [0.3, 0.4) is 0 Å². The normalized spacial score (nSPS) is 19.5. The SMILES string of the molecule is Cc1c(CNCC2(O)CCOCC2)cnn1C. The van der Waals surface area contributed by atoms with Crippen molar-refractivity contribution in [3.63, 3.8) is 0 Å². The van der Waals surface area contributed by atoms with Crippen LogP contribution in [0.25, 0.3) is 0 Å². The summed E-state index contributed by atoms with van der Waals surface area (Å²) in [5.41, 5.74) is 1.74. The third-order valence-corrected chi connectivity index (χ3v) is 3.53. The van der Waals surface area contributed by atoms with Crippen molar-refractivity contribution in [1.82, 2.24) is 15.1 Å². The van der Waals surface area contributed by atoms with Crippen LogP contribution in [-0.4, -0.2) is 40.2 Å². The zero-order valence-electron chi connectivity index (χ0n) is 10.6. The van der Waals surface area contributed by atoms with E-state index in [1.807, 2.05) is 24.9 Å². The summed E-state index contributed by atoms with van der Waals surface area (Å²) in [6.07, 6.45) is 3.30. The molecular formula is C12H21N3O2. The monoisotopic (exact) mass is 239 g/mol. The minimum absolute atomic E-state index is 0.603. The molecule has 1 saturated heterocycles. The van der Waals surface area contributed by atoms with Crippen LogP contribution in [-0.2, 0) is 18.3 Å². The molecule has 0 amide bonds. The van der Waals surface area contributed by atoms with Crippen molar-refractivity contribution < 1.29 is 9.84 Å². The molecule has 0 spiro atoms. The van der Waals surface area contributed by atoms with Crippen LogP contribution in [0.2, 0.25) is 0 Å². The van der Waals surface area contributed by atoms with Gasteiger partial charge in [0.05, 0.1) is 11.8 Å². The van der Waals surface area contributed by atoms with Crippen LogP contribution in [0, 0.1) is 6.92 Å². The molecule has 0 radical (unpaired) electrons. The number of rotatable bonds is 4. The van der Waals surface area contributed by atoms with Gasteiger partial charge < -0.3 is 15.2 Å². The first-order valence-corrected chi connectivity index (χ1v) is 6.09. The Morgan fingerprint density at radius 1 is 1.53 bits per heavy atom. The van der Waals surface area contributed by atoms with E-state index in [0.717, 1.165) is 12.2 Å². The van der Waals surface area contributed by atoms with E-state index < -0.39 is 5.60 Å². The highest BCUT2D eigenvalue weighted by Crippen LogP contribution is 2.19. The first-order valence-electron chi connectivity index (χ1n) is 6.09. The van der Waals surface area contributed by atoms with E-state index in [1.165, 1.54) is 5.56 Å². The molecule has 1 aromatic rings. The van der Waals surface area contributed by atoms with E-state index in [1.54, 1.807) is 0 Å². The maximum Gasteiger partial charge on any atom is 0.0815 e. The lowest BCUT2D eigenvalue weighted by atomic mass is 9.94. The molecule has 0 aromatic carbocycles. The fourth-order valence-corrected chi connectivity index (χ4v) is 2.08. The Balaban J connectivity index is 1.81. The number of aryl methyl sites for hydroxylation is 1. The van der Waals surface area contributed by atoms with Crippen molar-refractivity contribution in [2.45, 2.75) is 31.9 Å². The number of hydrogen-bond donors (Lipinski definition) is 2. The standard InChI is InChI=1S/C12H21N3O2/c1-10-11(8-14-15(10)2)7-13-9-12(16)3-5-17-6-4-12/h8,13,16H,3-7,9H2,1-2H3. The molecule has 2 N–H and O–H groups in total. The van der Waals surface area contributed by atoms with Gasteiger partial charge >= 0.3 is 0 Å². The smallest absolute Gasteiger partial charge is 0.0815 e. The summed E-state index contributed by atoms with van der Waals surface area (Å²) in [4.78, 5) is 0. The predicted molar refractivity (Wildman–Crippen MR) is 64.7 cm³/mol. The molecule has 0 bridgehead atoms. The molecule has 0 saturated carbocycles. The number of aliphatic hydroxyl groups is 1. The van der Waals surface area contributed by atoms with E-state index in [2.05, 4.69) is 10.4 Å². The van der Waals surface area contributed by atoms with Gasteiger partial charge in [-0.3, -0.25) is 4.68 Å².